The Balaban J connectivity index is 1.63. The van der Waals surface area contributed by atoms with Crippen LogP contribution in [-0.2, 0) is 0 Å². The summed E-state index contributed by atoms with van der Waals surface area (Å²) >= 11 is 12.4. The van der Waals surface area contributed by atoms with Crippen molar-refractivity contribution < 1.29 is 0 Å². The number of nitrogens with zero attached hydrogens (tertiary/aromatic N) is 3. The summed E-state index contributed by atoms with van der Waals surface area (Å²) in [6.45, 7) is 2.11. The lowest BCUT2D eigenvalue weighted by Crippen LogP contribution is -2.16. The van der Waals surface area contributed by atoms with Crippen molar-refractivity contribution in [1.29, 1.82) is 0 Å². The molecule has 4 aromatic rings. The minimum absolute atomic E-state index is 0.0446. The van der Waals surface area contributed by atoms with E-state index < -0.39 is 0 Å². The van der Waals surface area contributed by atoms with Gasteiger partial charge >= 0.3 is 0 Å². The van der Waals surface area contributed by atoms with Crippen molar-refractivity contribution in [3.63, 3.8) is 0 Å². The Morgan fingerprint density at radius 3 is 2.16 bits per heavy atom. The lowest BCUT2D eigenvalue weighted by Gasteiger charge is -2.20. The predicted octanol–water partition coefficient (Wildman–Crippen LogP) is 8.84. The van der Waals surface area contributed by atoms with Gasteiger partial charge in [-0.1, -0.05) is 65.7 Å². The number of rotatable bonds is 5. The van der Waals surface area contributed by atoms with Crippen LogP contribution in [0.15, 0.2) is 120 Å². The van der Waals surface area contributed by atoms with Crippen LogP contribution in [0.2, 0.25) is 10.0 Å². The molecule has 4 nitrogen and oxygen atoms in total. The van der Waals surface area contributed by atoms with Gasteiger partial charge in [-0.15, -0.1) is 0 Å². The van der Waals surface area contributed by atoms with Crippen molar-refractivity contribution in [3.8, 4) is 17.1 Å². The fraction of sp³-hybridized carbons (Fsp3) is 0.0625. The van der Waals surface area contributed by atoms with E-state index in [0.717, 1.165) is 50.4 Å². The van der Waals surface area contributed by atoms with Crippen LogP contribution in [-0.4, -0.2) is 9.55 Å². The SMILES string of the molecule is C[C@@H](N=c1cc2n(-c3ccc(Cl)cc3)c3ccccc3nc-2cc1Nc1ccc(Cl)cc1)c1ccccc1. The van der Waals surface area contributed by atoms with Crippen molar-refractivity contribution in [3.05, 3.63) is 136 Å². The number of halogens is 2. The zero-order valence-corrected chi connectivity index (χ0v) is 22.2. The number of hydrogen-bond donors (Lipinski definition) is 1. The van der Waals surface area contributed by atoms with Gasteiger partial charge < -0.3 is 9.88 Å². The highest BCUT2D eigenvalue weighted by molar-refractivity contribution is 6.30. The van der Waals surface area contributed by atoms with Gasteiger partial charge in [-0.3, -0.25) is 4.99 Å². The number of anilines is 2. The largest absolute Gasteiger partial charge is 0.354 e. The van der Waals surface area contributed by atoms with E-state index in [1.807, 2.05) is 84.9 Å². The molecule has 4 aromatic carbocycles. The second-order valence-corrected chi connectivity index (χ2v) is 9.99. The van der Waals surface area contributed by atoms with Crippen LogP contribution >= 0.6 is 23.2 Å². The summed E-state index contributed by atoms with van der Waals surface area (Å²) in [7, 11) is 0. The van der Waals surface area contributed by atoms with Crippen LogP contribution in [0.25, 0.3) is 28.1 Å². The smallest absolute Gasteiger partial charge is 0.0900 e. The molecule has 0 amide bonds. The van der Waals surface area contributed by atoms with E-state index in [0.29, 0.717) is 10.0 Å². The van der Waals surface area contributed by atoms with Crippen molar-refractivity contribution in [2.24, 2.45) is 4.99 Å². The quantitative estimate of drug-likeness (QED) is 0.224. The maximum absolute atomic E-state index is 6.23. The first kappa shape index (κ1) is 24.2. The van der Waals surface area contributed by atoms with E-state index in [1.54, 1.807) is 0 Å². The average Bonchev–Trinajstić information content (AvgIpc) is 2.94. The molecule has 0 fully saturated rings. The zero-order chi connectivity index (χ0) is 26.1. The molecule has 2 aliphatic rings. The van der Waals surface area contributed by atoms with E-state index in [4.69, 9.17) is 33.2 Å². The normalized spacial score (nSPS) is 12.7. The van der Waals surface area contributed by atoms with Crippen LogP contribution in [0.4, 0.5) is 11.4 Å². The highest BCUT2D eigenvalue weighted by Gasteiger charge is 2.17. The van der Waals surface area contributed by atoms with E-state index in [1.165, 1.54) is 0 Å². The van der Waals surface area contributed by atoms with Gasteiger partial charge in [0.1, 0.15) is 0 Å². The molecular weight excluding hydrogens is 511 g/mol. The third kappa shape index (κ3) is 4.89. The standard InChI is InChI=1S/C32H24Cl2N4/c1-21(22-7-3-2-4-8-22)35-29-20-32-30(19-28(29)36-25-15-11-23(33)12-16-25)37-27-9-5-6-10-31(27)38(32)26-17-13-24(34)14-18-26/h2-21,36H,1H3/t21-/m1/s1. The Hall–Kier alpha value is -4.12. The first-order valence-corrected chi connectivity index (χ1v) is 13.1. The molecule has 1 aliphatic heterocycles. The van der Waals surface area contributed by atoms with Crippen LogP contribution < -0.4 is 10.7 Å². The van der Waals surface area contributed by atoms with Crippen LogP contribution in [0.3, 0.4) is 0 Å². The molecule has 0 saturated carbocycles. The van der Waals surface area contributed by atoms with Gasteiger partial charge in [0.2, 0.25) is 0 Å². The molecule has 0 unspecified atom stereocenters. The fourth-order valence-electron chi connectivity index (χ4n) is 4.62. The number of aromatic nitrogens is 2. The molecule has 1 aliphatic carbocycles. The van der Waals surface area contributed by atoms with Gasteiger partial charge in [-0.05, 0) is 85.3 Å². The van der Waals surface area contributed by atoms with E-state index in [2.05, 4.69) is 47.1 Å². The van der Waals surface area contributed by atoms with Crippen LogP contribution in [0, 0.1) is 0 Å². The van der Waals surface area contributed by atoms with Gasteiger partial charge in [0.25, 0.3) is 0 Å². The minimum atomic E-state index is -0.0446. The fourth-order valence-corrected chi connectivity index (χ4v) is 4.87. The third-order valence-corrected chi connectivity index (χ3v) is 7.02. The number of hydrogen-bond acceptors (Lipinski definition) is 3. The zero-order valence-electron chi connectivity index (χ0n) is 20.6. The number of nitrogens with one attached hydrogen (secondary N) is 1. The minimum Gasteiger partial charge on any atom is -0.354 e. The number of benzene rings is 5. The first-order valence-electron chi connectivity index (χ1n) is 12.4. The van der Waals surface area contributed by atoms with E-state index in [9.17, 15) is 0 Å². The number of fused-ring (bicyclic) bond motifs is 2. The Morgan fingerprint density at radius 2 is 1.42 bits per heavy atom. The molecular formula is C32H24Cl2N4. The van der Waals surface area contributed by atoms with Crippen molar-refractivity contribution in [1.82, 2.24) is 9.55 Å². The highest BCUT2D eigenvalue weighted by atomic mass is 35.5. The van der Waals surface area contributed by atoms with Crippen molar-refractivity contribution in [2.45, 2.75) is 13.0 Å². The first-order chi connectivity index (χ1) is 18.5. The molecule has 0 saturated heterocycles. The van der Waals surface area contributed by atoms with Crippen molar-refractivity contribution in [2.75, 3.05) is 5.32 Å². The van der Waals surface area contributed by atoms with Crippen molar-refractivity contribution >= 4 is 45.6 Å². The lowest BCUT2D eigenvalue weighted by atomic mass is 10.1. The van der Waals surface area contributed by atoms with Gasteiger partial charge in [0, 0.05) is 21.4 Å². The van der Waals surface area contributed by atoms with Gasteiger partial charge in [-0.25, -0.2) is 4.98 Å². The second-order valence-electron chi connectivity index (χ2n) is 9.12. The highest BCUT2D eigenvalue weighted by Crippen LogP contribution is 2.31. The summed E-state index contributed by atoms with van der Waals surface area (Å²) < 4.78 is 2.21. The topological polar surface area (TPSA) is 42.2 Å². The molecule has 6 rings (SSSR count). The molecule has 38 heavy (non-hydrogen) atoms. The van der Waals surface area contributed by atoms with Gasteiger partial charge in [0.05, 0.1) is 39.5 Å². The average molecular weight is 535 g/mol. The third-order valence-electron chi connectivity index (χ3n) is 6.52. The predicted molar refractivity (Wildman–Crippen MR) is 158 cm³/mol. The maximum Gasteiger partial charge on any atom is 0.0900 e. The van der Waals surface area contributed by atoms with Gasteiger partial charge in [0.15, 0.2) is 0 Å². The molecule has 1 atom stereocenters. The molecule has 0 radical (unpaired) electrons. The maximum atomic E-state index is 6.23. The summed E-state index contributed by atoms with van der Waals surface area (Å²) in [5, 5.41) is 5.76. The molecule has 1 N–H and O–H groups in total. The Bertz CT molecular complexity index is 1760. The summed E-state index contributed by atoms with van der Waals surface area (Å²) in [4.78, 5) is 10.2. The van der Waals surface area contributed by atoms with Crippen LogP contribution in [0.1, 0.15) is 18.5 Å². The molecule has 0 aromatic heterocycles. The van der Waals surface area contributed by atoms with E-state index in [-0.39, 0.29) is 6.04 Å². The Kier molecular flexibility index (Phi) is 6.59. The summed E-state index contributed by atoms with van der Waals surface area (Å²) in [5.41, 5.74) is 7.63. The molecule has 0 spiro atoms. The molecule has 186 valence electrons. The summed E-state index contributed by atoms with van der Waals surface area (Å²) in [6, 6.07) is 38.1. The van der Waals surface area contributed by atoms with Crippen LogP contribution in [0.5, 0.6) is 0 Å². The summed E-state index contributed by atoms with van der Waals surface area (Å²) in [5.74, 6) is 0. The molecule has 1 heterocycles. The van der Waals surface area contributed by atoms with Gasteiger partial charge in [-0.2, -0.15) is 0 Å². The number of para-hydroxylation sites is 2. The van der Waals surface area contributed by atoms with E-state index >= 15 is 0 Å². The second kappa shape index (κ2) is 10.3. The molecule has 6 heteroatoms. The molecule has 0 bridgehead atoms. The lowest BCUT2D eigenvalue weighted by molar-refractivity contribution is 0.790. The Morgan fingerprint density at radius 1 is 0.763 bits per heavy atom. The Labute approximate surface area is 231 Å². The monoisotopic (exact) mass is 534 g/mol. The summed E-state index contributed by atoms with van der Waals surface area (Å²) in [6.07, 6.45) is 0.